The third kappa shape index (κ3) is 3.35. The monoisotopic (exact) mass is 281 g/mol. The summed E-state index contributed by atoms with van der Waals surface area (Å²) in [5.74, 6) is 0.539. The van der Waals surface area contributed by atoms with Crippen LogP contribution in [0.5, 0.6) is 11.5 Å². The van der Waals surface area contributed by atoms with E-state index in [4.69, 9.17) is 0 Å². The summed E-state index contributed by atoms with van der Waals surface area (Å²) in [5, 5.41) is 22.4. The van der Waals surface area contributed by atoms with E-state index in [0.29, 0.717) is 5.25 Å². The first kappa shape index (κ1) is 14.1. The summed E-state index contributed by atoms with van der Waals surface area (Å²) in [6.07, 6.45) is 3.25. The van der Waals surface area contributed by atoms with Gasteiger partial charge in [0, 0.05) is 17.4 Å². The van der Waals surface area contributed by atoms with Gasteiger partial charge in [-0.1, -0.05) is 13.3 Å². The lowest BCUT2D eigenvalue weighted by molar-refractivity contribution is 0.0936. The second-order valence-corrected chi connectivity index (χ2v) is 6.22. The number of nitrogens with one attached hydrogen (secondary N) is 1. The molecule has 1 aliphatic carbocycles. The van der Waals surface area contributed by atoms with E-state index in [1.807, 2.05) is 11.8 Å². The second-order valence-electron chi connectivity index (χ2n) is 4.71. The van der Waals surface area contributed by atoms with Gasteiger partial charge in [-0.25, -0.2) is 0 Å². The predicted octanol–water partition coefficient (Wildman–Crippen LogP) is 2.50. The molecule has 0 radical (unpaired) electrons. The molecule has 104 valence electrons. The Morgan fingerprint density at radius 1 is 1.42 bits per heavy atom. The molecule has 2 atom stereocenters. The lowest BCUT2D eigenvalue weighted by Gasteiger charge is -2.20. The number of carbonyl (C=O) groups is 1. The molecule has 4 nitrogen and oxygen atoms in total. The molecule has 0 bridgehead atoms. The SMILES string of the molecule is CCSC1CCCC1NC(=O)c1ccc(O)cc1O. The maximum absolute atomic E-state index is 12.1. The van der Waals surface area contributed by atoms with E-state index in [1.54, 1.807) is 0 Å². The van der Waals surface area contributed by atoms with Gasteiger partial charge in [0.05, 0.1) is 5.56 Å². The van der Waals surface area contributed by atoms with Crippen molar-refractivity contribution < 1.29 is 15.0 Å². The van der Waals surface area contributed by atoms with E-state index < -0.39 is 0 Å². The lowest BCUT2D eigenvalue weighted by atomic mass is 10.1. The number of aromatic hydroxyl groups is 2. The van der Waals surface area contributed by atoms with Crippen molar-refractivity contribution in [3.63, 3.8) is 0 Å². The van der Waals surface area contributed by atoms with Gasteiger partial charge in [0.1, 0.15) is 11.5 Å². The topological polar surface area (TPSA) is 69.6 Å². The van der Waals surface area contributed by atoms with Gasteiger partial charge in [0.15, 0.2) is 0 Å². The maximum Gasteiger partial charge on any atom is 0.255 e. The Labute approximate surface area is 117 Å². The molecule has 2 rings (SSSR count). The fourth-order valence-corrected chi connectivity index (χ4v) is 3.66. The normalized spacial score (nSPS) is 22.4. The highest BCUT2D eigenvalue weighted by atomic mass is 32.2. The van der Waals surface area contributed by atoms with Crippen LogP contribution < -0.4 is 5.32 Å². The molecule has 0 spiro atoms. The molecular formula is C14H19NO3S. The van der Waals surface area contributed by atoms with Gasteiger partial charge in [-0.3, -0.25) is 4.79 Å². The molecule has 0 saturated heterocycles. The van der Waals surface area contributed by atoms with E-state index in [1.165, 1.54) is 18.2 Å². The van der Waals surface area contributed by atoms with Crippen molar-refractivity contribution in [2.24, 2.45) is 0 Å². The molecule has 19 heavy (non-hydrogen) atoms. The fraction of sp³-hybridized carbons (Fsp3) is 0.500. The Morgan fingerprint density at radius 3 is 2.89 bits per heavy atom. The molecular weight excluding hydrogens is 262 g/mol. The number of phenolic OH excluding ortho intramolecular Hbond substituents is 2. The third-order valence-electron chi connectivity index (χ3n) is 3.38. The van der Waals surface area contributed by atoms with E-state index in [9.17, 15) is 15.0 Å². The van der Waals surface area contributed by atoms with Crippen LogP contribution in [0.25, 0.3) is 0 Å². The number of benzene rings is 1. The Balaban J connectivity index is 2.04. The quantitative estimate of drug-likeness (QED) is 0.793. The van der Waals surface area contributed by atoms with Crippen LogP contribution in [-0.2, 0) is 0 Å². The Hall–Kier alpha value is -1.36. The molecule has 0 aromatic heterocycles. The molecule has 0 heterocycles. The predicted molar refractivity (Wildman–Crippen MR) is 76.8 cm³/mol. The largest absolute Gasteiger partial charge is 0.508 e. The van der Waals surface area contributed by atoms with E-state index in [2.05, 4.69) is 12.2 Å². The third-order valence-corrected chi connectivity index (χ3v) is 4.70. The van der Waals surface area contributed by atoms with Crippen molar-refractivity contribution >= 4 is 17.7 Å². The first-order valence-corrected chi connectivity index (χ1v) is 7.61. The van der Waals surface area contributed by atoms with Gasteiger partial charge in [-0.05, 0) is 30.7 Å². The number of hydrogen-bond acceptors (Lipinski definition) is 4. The summed E-state index contributed by atoms with van der Waals surface area (Å²) in [4.78, 5) is 12.1. The standard InChI is InChI=1S/C14H19NO3S/c1-2-19-13-5-3-4-11(13)15-14(18)10-7-6-9(16)8-12(10)17/h6-8,11,13,16-17H,2-5H2,1H3,(H,15,18). The first-order valence-electron chi connectivity index (χ1n) is 6.56. The fourth-order valence-electron chi connectivity index (χ4n) is 2.46. The zero-order valence-electron chi connectivity index (χ0n) is 10.9. The van der Waals surface area contributed by atoms with Gasteiger partial charge in [0.25, 0.3) is 5.91 Å². The number of carbonyl (C=O) groups excluding carboxylic acids is 1. The van der Waals surface area contributed by atoms with Gasteiger partial charge in [0.2, 0.25) is 0 Å². The van der Waals surface area contributed by atoms with Crippen LogP contribution in [0.3, 0.4) is 0 Å². The minimum Gasteiger partial charge on any atom is -0.508 e. The van der Waals surface area contributed by atoms with Crippen LogP contribution in [0.1, 0.15) is 36.5 Å². The lowest BCUT2D eigenvalue weighted by Crippen LogP contribution is -2.38. The van der Waals surface area contributed by atoms with E-state index >= 15 is 0 Å². The summed E-state index contributed by atoms with van der Waals surface area (Å²) in [6, 6.07) is 4.20. The smallest absolute Gasteiger partial charge is 0.255 e. The molecule has 5 heteroatoms. The maximum atomic E-state index is 12.1. The summed E-state index contributed by atoms with van der Waals surface area (Å²) >= 11 is 1.87. The van der Waals surface area contributed by atoms with Gasteiger partial charge in [-0.15, -0.1) is 0 Å². The van der Waals surface area contributed by atoms with Gasteiger partial charge in [-0.2, -0.15) is 11.8 Å². The summed E-state index contributed by atoms with van der Waals surface area (Å²) in [6.45, 7) is 2.12. The minimum atomic E-state index is -0.272. The summed E-state index contributed by atoms with van der Waals surface area (Å²) < 4.78 is 0. The highest BCUT2D eigenvalue weighted by Crippen LogP contribution is 2.30. The zero-order chi connectivity index (χ0) is 13.8. The van der Waals surface area contributed by atoms with E-state index in [0.717, 1.165) is 25.0 Å². The average Bonchev–Trinajstić information content (AvgIpc) is 2.77. The molecule has 3 N–H and O–H groups in total. The molecule has 0 aliphatic heterocycles. The molecule has 1 fully saturated rings. The van der Waals surface area contributed by atoms with Crippen LogP contribution in [0.4, 0.5) is 0 Å². The Bertz CT molecular complexity index is 464. The summed E-state index contributed by atoms with van der Waals surface area (Å²) in [7, 11) is 0. The number of rotatable bonds is 4. The van der Waals surface area contributed by atoms with E-state index in [-0.39, 0.29) is 29.0 Å². The summed E-state index contributed by atoms with van der Waals surface area (Å²) in [5.41, 5.74) is 0.213. The molecule has 1 amide bonds. The van der Waals surface area contributed by atoms with Crippen molar-refractivity contribution in [2.75, 3.05) is 5.75 Å². The molecule has 1 aliphatic rings. The van der Waals surface area contributed by atoms with Crippen LogP contribution >= 0.6 is 11.8 Å². The number of thioether (sulfide) groups is 1. The van der Waals surface area contributed by atoms with Crippen molar-refractivity contribution in [1.82, 2.24) is 5.32 Å². The highest BCUT2D eigenvalue weighted by Gasteiger charge is 2.29. The van der Waals surface area contributed by atoms with Crippen LogP contribution in [0.2, 0.25) is 0 Å². The molecule has 1 saturated carbocycles. The zero-order valence-corrected chi connectivity index (χ0v) is 11.7. The second kappa shape index (κ2) is 6.19. The van der Waals surface area contributed by atoms with Crippen LogP contribution in [-0.4, -0.2) is 33.2 Å². The van der Waals surface area contributed by atoms with Crippen LogP contribution in [0.15, 0.2) is 18.2 Å². The highest BCUT2D eigenvalue weighted by molar-refractivity contribution is 7.99. The number of hydrogen-bond donors (Lipinski definition) is 3. The van der Waals surface area contributed by atoms with Gasteiger partial charge < -0.3 is 15.5 Å². The van der Waals surface area contributed by atoms with Crippen LogP contribution in [0, 0.1) is 0 Å². The van der Waals surface area contributed by atoms with Crippen molar-refractivity contribution in [3.8, 4) is 11.5 Å². The minimum absolute atomic E-state index is 0.0469. The Morgan fingerprint density at radius 2 is 2.21 bits per heavy atom. The van der Waals surface area contributed by atoms with Crippen molar-refractivity contribution in [2.45, 2.75) is 37.5 Å². The average molecular weight is 281 g/mol. The number of amides is 1. The first-order chi connectivity index (χ1) is 9.11. The molecule has 2 unspecified atom stereocenters. The molecule has 1 aromatic rings. The van der Waals surface area contributed by atoms with Crippen molar-refractivity contribution in [1.29, 1.82) is 0 Å². The Kier molecular flexibility index (Phi) is 4.58. The van der Waals surface area contributed by atoms with Crippen molar-refractivity contribution in [3.05, 3.63) is 23.8 Å². The van der Waals surface area contributed by atoms with Gasteiger partial charge >= 0.3 is 0 Å². The number of phenols is 2. The molecule has 1 aromatic carbocycles.